The van der Waals surface area contributed by atoms with Crippen molar-refractivity contribution in [1.82, 2.24) is 4.90 Å². The van der Waals surface area contributed by atoms with Crippen molar-refractivity contribution in [3.63, 3.8) is 0 Å². The maximum atomic E-state index is 12.8. The van der Waals surface area contributed by atoms with Crippen LogP contribution in [0.15, 0.2) is 58.7 Å². The van der Waals surface area contributed by atoms with E-state index in [1.54, 1.807) is 26.2 Å². The molecule has 25 heavy (non-hydrogen) atoms. The average Bonchev–Trinajstić information content (AvgIpc) is 2.84. The third-order valence-corrected chi connectivity index (χ3v) is 4.45. The first-order chi connectivity index (χ1) is 12.1. The highest BCUT2D eigenvalue weighted by Gasteiger charge is 2.39. The van der Waals surface area contributed by atoms with Gasteiger partial charge in [-0.3, -0.25) is 14.5 Å². The minimum atomic E-state index is -0.339. The van der Waals surface area contributed by atoms with Crippen molar-refractivity contribution in [3.8, 4) is 5.75 Å². The number of nitrogens with zero attached hydrogens (tertiary/aromatic N) is 1. The molecule has 0 fully saturated rings. The first-order valence-corrected chi connectivity index (χ1v) is 8.62. The Morgan fingerprint density at radius 1 is 1.08 bits per heavy atom. The number of carbonyl (C=O) groups excluding carboxylic acids is 2. The Morgan fingerprint density at radius 2 is 1.84 bits per heavy atom. The number of para-hydroxylation sites is 1. The van der Waals surface area contributed by atoms with Gasteiger partial charge in [0, 0.05) is 22.3 Å². The third-order valence-electron chi connectivity index (χ3n) is 3.95. The Labute approximate surface area is 154 Å². The molecule has 2 aromatic rings. The molecule has 128 valence electrons. The van der Waals surface area contributed by atoms with Gasteiger partial charge in [0.2, 0.25) is 0 Å². The molecule has 2 aromatic carbocycles. The Balaban J connectivity index is 2.15. The number of benzene rings is 2. The van der Waals surface area contributed by atoms with E-state index in [-0.39, 0.29) is 17.5 Å². The van der Waals surface area contributed by atoms with Gasteiger partial charge in [0.1, 0.15) is 11.4 Å². The van der Waals surface area contributed by atoms with Crippen LogP contribution in [0.25, 0.3) is 5.57 Å². The number of imide groups is 1. The number of methoxy groups -OCH3 is 1. The summed E-state index contributed by atoms with van der Waals surface area (Å²) in [6, 6.07) is 14.6. The van der Waals surface area contributed by atoms with Crippen molar-refractivity contribution in [1.29, 1.82) is 0 Å². The van der Waals surface area contributed by atoms with Gasteiger partial charge in [-0.1, -0.05) is 40.2 Å². The first kappa shape index (κ1) is 17.2. The Hall–Kier alpha value is -2.60. The highest BCUT2D eigenvalue weighted by atomic mass is 79.9. The molecule has 1 aliphatic rings. The monoisotopic (exact) mass is 400 g/mol. The minimum absolute atomic E-state index is 0.259. The summed E-state index contributed by atoms with van der Waals surface area (Å²) in [4.78, 5) is 26.8. The molecule has 0 spiro atoms. The van der Waals surface area contributed by atoms with Gasteiger partial charge in [0.25, 0.3) is 11.8 Å². The van der Waals surface area contributed by atoms with Crippen LogP contribution < -0.4 is 10.1 Å². The zero-order valence-corrected chi connectivity index (χ0v) is 15.5. The van der Waals surface area contributed by atoms with Crippen LogP contribution in [0.1, 0.15) is 12.5 Å². The third kappa shape index (κ3) is 3.17. The lowest BCUT2D eigenvalue weighted by atomic mass is 10.0. The van der Waals surface area contributed by atoms with Crippen molar-refractivity contribution in [2.75, 3.05) is 19.0 Å². The Kier molecular flexibility index (Phi) is 4.90. The normalized spacial score (nSPS) is 14.3. The maximum Gasteiger partial charge on any atom is 0.278 e. The predicted octanol–water partition coefficient (Wildman–Crippen LogP) is 3.67. The summed E-state index contributed by atoms with van der Waals surface area (Å²) in [6.45, 7) is 2.08. The molecule has 0 aromatic heterocycles. The van der Waals surface area contributed by atoms with Crippen LogP contribution in [0.4, 0.5) is 5.69 Å². The summed E-state index contributed by atoms with van der Waals surface area (Å²) in [5.41, 5.74) is 1.89. The molecule has 1 N–H and O–H groups in total. The number of hydrogen-bond acceptors (Lipinski definition) is 4. The zero-order valence-electron chi connectivity index (χ0n) is 13.9. The highest BCUT2D eigenvalue weighted by Crippen LogP contribution is 2.35. The highest BCUT2D eigenvalue weighted by molar-refractivity contribution is 9.10. The lowest BCUT2D eigenvalue weighted by molar-refractivity contribution is -0.136. The van der Waals surface area contributed by atoms with E-state index in [9.17, 15) is 9.59 Å². The molecule has 0 saturated heterocycles. The second-order valence-corrected chi connectivity index (χ2v) is 6.36. The summed E-state index contributed by atoms with van der Waals surface area (Å²) in [6.07, 6.45) is 0. The van der Waals surface area contributed by atoms with Crippen LogP contribution in [0.5, 0.6) is 5.75 Å². The van der Waals surface area contributed by atoms with E-state index in [2.05, 4.69) is 21.2 Å². The number of anilines is 1. The molecule has 0 atom stereocenters. The predicted molar refractivity (Wildman–Crippen MR) is 100 cm³/mol. The number of hydrogen-bond donors (Lipinski definition) is 1. The largest absolute Gasteiger partial charge is 0.496 e. The molecule has 5 nitrogen and oxygen atoms in total. The van der Waals surface area contributed by atoms with E-state index in [4.69, 9.17) is 4.74 Å². The fourth-order valence-corrected chi connectivity index (χ4v) is 3.19. The smallest absolute Gasteiger partial charge is 0.278 e. The topological polar surface area (TPSA) is 58.6 Å². The zero-order chi connectivity index (χ0) is 18.0. The molecule has 1 aliphatic heterocycles. The lowest BCUT2D eigenvalue weighted by Gasteiger charge is -2.12. The van der Waals surface area contributed by atoms with E-state index >= 15 is 0 Å². The number of likely N-dealkylation sites (N-methyl/N-ethyl adjacent to an activating group) is 1. The van der Waals surface area contributed by atoms with Crippen molar-refractivity contribution < 1.29 is 14.3 Å². The summed E-state index contributed by atoms with van der Waals surface area (Å²) >= 11 is 3.41. The molecule has 3 rings (SSSR count). The van der Waals surface area contributed by atoms with Crippen molar-refractivity contribution in [2.24, 2.45) is 0 Å². The van der Waals surface area contributed by atoms with Gasteiger partial charge in [-0.2, -0.15) is 0 Å². The number of rotatable bonds is 5. The van der Waals surface area contributed by atoms with E-state index in [1.807, 2.05) is 36.4 Å². The molecule has 0 saturated carbocycles. The molecule has 2 amide bonds. The van der Waals surface area contributed by atoms with Crippen molar-refractivity contribution in [3.05, 3.63) is 64.3 Å². The molecule has 1 heterocycles. The van der Waals surface area contributed by atoms with Crippen molar-refractivity contribution >= 4 is 39.0 Å². The van der Waals surface area contributed by atoms with Gasteiger partial charge in [0.05, 0.1) is 12.7 Å². The van der Waals surface area contributed by atoms with Gasteiger partial charge >= 0.3 is 0 Å². The molecule has 0 radical (unpaired) electrons. The fraction of sp³-hybridized carbons (Fsp3) is 0.158. The molecule has 6 heteroatoms. The van der Waals surface area contributed by atoms with Gasteiger partial charge in [-0.05, 0) is 31.2 Å². The second kappa shape index (κ2) is 7.11. The molecule has 0 bridgehead atoms. The number of amides is 2. The van der Waals surface area contributed by atoms with Gasteiger partial charge in [-0.25, -0.2) is 0 Å². The molecule has 0 unspecified atom stereocenters. The SMILES string of the molecule is CCN1C(=O)C(Nc2cccc(Br)c2)=C(c2ccccc2OC)C1=O. The standard InChI is InChI=1S/C19H17BrN2O3/c1-3-22-18(23)16(14-9-4-5-10-15(14)25-2)17(19(22)24)21-13-8-6-7-12(20)11-13/h4-11,21H,3H2,1-2H3. The number of nitrogens with one attached hydrogen (secondary N) is 1. The molecular weight excluding hydrogens is 384 g/mol. The van der Waals surface area contributed by atoms with Crippen molar-refractivity contribution in [2.45, 2.75) is 6.92 Å². The summed E-state index contributed by atoms with van der Waals surface area (Å²) < 4.78 is 6.25. The molecular formula is C19H17BrN2O3. The van der Waals surface area contributed by atoms with Crippen LogP contribution in [0.2, 0.25) is 0 Å². The van der Waals surface area contributed by atoms with E-state index in [0.29, 0.717) is 23.4 Å². The van der Waals surface area contributed by atoms with Crippen LogP contribution in [-0.2, 0) is 9.59 Å². The van der Waals surface area contributed by atoms with Crippen LogP contribution in [0.3, 0.4) is 0 Å². The Morgan fingerprint density at radius 3 is 2.52 bits per heavy atom. The first-order valence-electron chi connectivity index (χ1n) is 7.83. The number of carbonyl (C=O) groups is 2. The van der Waals surface area contributed by atoms with E-state index in [1.165, 1.54) is 4.90 Å². The van der Waals surface area contributed by atoms with E-state index < -0.39 is 0 Å². The average molecular weight is 401 g/mol. The van der Waals surface area contributed by atoms with Crippen LogP contribution >= 0.6 is 15.9 Å². The fourth-order valence-electron chi connectivity index (χ4n) is 2.79. The van der Waals surface area contributed by atoms with Gasteiger partial charge < -0.3 is 10.1 Å². The summed E-state index contributed by atoms with van der Waals surface area (Å²) in [5, 5.41) is 3.11. The maximum absolute atomic E-state index is 12.8. The van der Waals surface area contributed by atoms with Gasteiger partial charge in [-0.15, -0.1) is 0 Å². The van der Waals surface area contributed by atoms with Crippen LogP contribution in [0, 0.1) is 0 Å². The second-order valence-electron chi connectivity index (χ2n) is 5.44. The number of halogens is 1. The van der Waals surface area contributed by atoms with Crippen LogP contribution in [-0.4, -0.2) is 30.4 Å². The quantitative estimate of drug-likeness (QED) is 0.777. The Bertz CT molecular complexity index is 876. The van der Waals surface area contributed by atoms with Gasteiger partial charge in [0.15, 0.2) is 0 Å². The summed E-state index contributed by atoms with van der Waals surface area (Å²) in [7, 11) is 1.54. The summed E-state index contributed by atoms with van der Waals surface area (Å²) in [5.74, 6) is -0.118. The number of ether oxygens (including phenoxy) is 1. The minimum Gasteiger partial charge on any atom is -0.496 e. The van der Waals surface area contributed by atoms with E-state index in [0.717, 1.165) is 10.2 Å². The molecule has 0 aliphatic carbocycles. The lowest BCUT2D eigenvalue weighted by Crippen LogP contribution is -2.32.